The Morgan fingerprint density at radius 3 is 2.68 bits per heavy atom. The standard InChI is InChI=1S/C15H18N2O4S/c1-5-21-14(19)13(18)17-15-16-11-10(20-4)7-6-9(8(2)3)12(11)22-15/h6-8H,5H2,1-4H3,(H,16,17,18). The second kappa shape index (κ2) is 6.74. The second-order valence-corrected chi connectivity index (χ2v) is 5.88. The molecule has 1 amide bonds. The van der Waals surface area contributed by atoms with Crippen molar-refractivity contribution in [2.75, 3.05) is 19.0 Å². The Bertz CT molecular complexity index is 709. The number of esters is 1. The quantitative estimate of drug-likeness (QED) is 0.692. The van der Waals surface area contributed by atoms with Crippen molar-refractivity contribution >= 4 is 38.6 Å². The van der Waals surface area contributed by atoms with Gasteiger partial charge in [-0.3, -0.25) is 10.1 Å². The first kappa shape index (κ1) is 16.2. The molecule has 0 fully saturated rings. The second-order valence-electron chi connectivity index (χ2n) is 4.88. The number of hydrogen-bond donors (Lipinski definition) is 1. The number of hydrogen-bond acceptors (Lipinski definition) is 6. The topological polar surface area (TPSA) is 77.5 Å². The molecule has 0 atom stereocenters. The van der Waals surface area contributed by atoms with Crippen molar-refractivity contribution < 1.29 is 19.1 Å². The van der Waals surface area contributed by atoms with E-state index < -0.39 is 11.9 Å². The Hall–Kier alpha value is -2.15. The summed E-state index contributed by atoms with van der Waals surface area (Å²) in [6.45, 7) is 5.95. The molecule has 6 nitrogen and oxygen atoms in total. The van der Waals surface area contributed by atoms with E-state index in [0.29, 0.717) is 22.3 Å². The molecule has 1 N–H and O–H groups in total. The van der Waals surface area contributed by atoms with Gasteiger partial charge in [-0.25, -0.2) is 9.78 Å². The molecular weight excluding hydrogens is 304 g/mol. The molecule has 2 aromatic rings. The number of benzene rings is 1. The molecule has 0 bridgehead atoms. The summed E-state index contributed by atoms with van der Waals surface area (Å²) in [5, 5.41) is 2.82. The molecular formula is C15H18N2O4S. The Balaban J connectivity index is 2.39. The van der Waals surface area contributed by atoms with Crippen molar-refractivity contribution in [2.24, 2.45) is 0 Å². The molecule has 118 valence electrons. The number of carbonyl (C=O) groups is 2. The molecule has 2 rings (SSSR count). The maximum absolute atomic E-state index is 11.7. The highest BCUT2D eigenvalue weighted by Crippen LogP contribution is 2.37. The van der Waals surface area contributed by atoms with Crippen LogP contribution < -0.4 is 10.1 Å². The molecule has 1 aromatic heterocycles. The number of nitrogens with zero attached hydrogens (tertiary/aromatic N) is 1. The zero-order valence-electron chi connectivity index (χ0n) is 12.9. The minimum Gasteiger partial charge on any atom is -0.494 e. The number of aromatic nitrogens is 1. The van der Waals surface area contributed by atoms with Gasteiger partial charge in [-0.1, -0.05) is 31.3 Å². The third-order valence-electron chi connectivity index (χ3n) is 3.06. The van der Waals surface area contributed by atoms with Gasteiger partial charge in [0, 0.05) is 0 Å². The summed E-state index contributed by atoms with van der Waals surface area (Å²) in [7, 11) is 1.57. The summed E-state index contributed by atoms with van der Waals surface area (Å²) >= 11 is 1.31. The Kier molecular flexibility index (Phi) is 4.97. The molecule has 0 aliphatic heterocycles. The zero-order valence-corrected chi connectivity index (χ0v) is 13.7. The number of ether oxygens (including phenoxy) is 2. The highest BCUT2D eigenvalue weighted by molar-refractivity contribution is 7.22. The van der Waals surface area contributed by atoms with Crippen molar-refractivity contribution in [2.45, 2.75) is 26.7 Å². The lowest BCUT2D eigenvalue weighted by molar-refractivity contribution is -0.152. The van der Waals surface area contributed by atoms with Crippen LogP contribution in [-0.4, -0.2) is 30.6 Å². The van der Waals surface area contributed by atoms with Crippen LogP contribution in [0.4, 0.5) is 5.13 Å². The fourth-order valence-electron chi connectivity index (χ4n) is 2.02. The molecule has 0 aliphatic rings. The molecule has 0 aliphatic carbocycles. The first-order valence-corrected chi connectivity index (χ1v) is 7.75. The van der Waals surface area contributed by atoms with E-state index in [1.165, 1.54) is 11.3 Å². The lowest BCUT2D eigenvalue weighted by atomic mass is 10.0. The van der Waals surface area contributed by atoms with Crippen LogP contribution in [0.15, 0.2) is 12.1 Å². The number of amides is 1. The fourth-order valence-corrected chi connectivity index (χ4v) is 3.16. The van der Waals surface area contributed by atoms with E-state index in [1.807, 2.05) is 12.1 Å². The van der Waals surface area contributed by atoms with Crippen LogP contribution in [-0.2, 0) is 14.3 Å². The third kappa shape index (κ3) is 3.19. The minimum atomic E-state index is -0.919. The molecule has 1 aromatic carbocycles. The number of methoxy groups -OCH3 is 1. The minimum absolute atomic E-state index is 0.150. The van der Waals surface area contributed by atoms with Gasteiger partial charge in [0.25, 0.3) is 0 Å². The molecule has 0 unspecified atom stereocenters. The summed E-state index contributed by atoms with van der Waals surface area (Å²) in [5.74, 6) is -0.807. The van der Waals surface area contributed by atoms with Crippen molar-refractivity contribution in [3.63, 3.8) is 0 Å². The van der Waals surface area contributed by atoms with Crippen molar-refractivity contribution in [1.82, 2.24) is 4.98 Å². The van der Waals surface area contributed by atoms with Gasteiger partial charge in [0.1, 0.15) is 11.3 Å². The van der Waals surface area contributed by atoms with Crippen LogP contribution in [0.2, 0.25) is 0 Å². The van der Waals surface area contributed by atoms with Gasteiger partial charge in [-0.15, -0.1) is 0 Å². The van der Waals surface area contributed by atoms with Crippen molar-refractivity contribution in [3.8, 4) is 5.75 Å². The van der Waals surface area contributed by atoms with Gasteiger partial charge in [0.2, 0.25) is 0 Å². The Labute approximate surface area is 132 Å². The summed E-state index contributed by atoms with van der Waals surface area (Å²) < 4.78 is 10.9. The molecule has 7 heteroatoms. The van der Waals surface area contributed by atoms with Gasteiger partial charge in [0.15, 0.2) is 5.13 Å². The van der Waals surface area contributed by atoms with Crippen LogP contribution in [0, 0.1) is 0 Å². The maximum Gasteiger partial charge on any atom is 0.397 e. The van der Waals surface area contributed by atoms with Gasteiger partial charge >= 0.3 is 11.9 Å². The number of nitrogens with one attached hydrogen (secondary N) is 1. The third-order valence-corrected chi connectivity index (χ3v) is 4.08. The predicted molar refractivity (Wildman–Crippen MR) is 85.5 cm³/mol. The average Bonchev–Trinajstić information content (AvgIpc) is 2.89. The van der Waals surface area contributed by atoms with Gasteiger partial charge in [-0.2, -0.15) is 0 Å². The van der Waals surface area contributed by atoms with Crippen LogP contribution in [0.3, 0.4) is 0 Å². The van der Waals surface area contributed by atoms with E-state index in [2.05, 4.69) is 28.9 Å². The normalized spacial score (nSPS) is 10.8. The van der Waals surface area contributed by atoms with Gasteiger partial charge < -0.3 is 9.47 Å². The monoisotopic (exact) mass is 322 g/mol. The van der Waals surface area contributed by atoms with E-state index in [-0.39, 0.29) is 6.61 Å². The largest absolute Gasteiger partial charge is 0.494 e. The van der Waals surface area contributed by atoms with E-state index in [1.54, 1.807) is 14.0 Å². The van der Waals surface area contributed by atoms with Gasteiger partial charge in [0.05, 0.1) is 18.4 Å². The molecule has 0 saturated heterocycles. The molecule has 22 heavy (non-hydrogen) atoms. The van der Waals surface area contributed by atoms with E-state index >= 15 is 0 Å². The zero-order chi connectivity index (χ0) is 16.3. The van der Waals surface area contributed by atoms with Crippen LogP contribution in [0.5, 0.6) is 5.75 Å². The molecule has 0 spiro atoms. The molecule has 0 saturated carbocycles. The summed E-state index contributed by atoms with van der Waals surface area (Å²) in [4.78, 5) is 27.4. The van der Waals surface area contributed by atoms with Crippen LogP contribution in [0.25, 0.3) is 10.2 Å². The lowest BCUT2D eigenvalue weighted by Gasteiger charge is -2.08. The van der Waals surface area contributed by atoms with Crippen LogP contribution in [0.1, 0.15) is 32.3 Å². The number of thiazole rings is 1. The van der Waals surface area contributed by atoms with Crippen LogP contribution >= 0.6 is 11.3 Å². The summed E-state index contributed by atoms with van der Waals surface area (Å²) in [6, 6.07) is 3.84. The SMILES string of the molecule is CCOC(=O)C(=O)Nc1nc2c(OC)ccc(C(C)C)c2s1. The molecule has 1 heterocycles. The van der Waals surface area contributed by atoms with E-state index in [0.717, 1.165) is 10.3 Å². The van der Waals surface area contributed by atoms with Crippen molar-refractivity contribution in [3.05, 3.63) is 17.7 Å². The highest BCUT2D eigenvalue weighted by atomic mass is 32.1. The Morgan fingerprint density at radius 1 is 1.36 bits per heavy atom. The first-order chi connectivity index (χ1) is 10.5. The maximum atomic E-state index is 11.7. The summed E-state index contributed by atoms with van der Waals surface area (Å²) in [6.07, 6.45) is 0. The highest BCUT2D eigenvalue weighted by Gasteiger charge is 2.19. The fraction of sp³-hybridized carbons (Fsp3) is 0.400. The Morgan fingerprint density at radius 2 is 2.09 bits per heavy atom. The lowest BCUT2D eigenvalue weighted by Crippen LogP contribution is -2.24. The smallest absolute Gasteiger partial charge is 0.397 e. The summed E-state index contributed by atoms with van der Waals surface area (Å²) in [5.41, 5.74) is 1.79. The van der Waals surface area contributed by atoms with Crippen molar-refractivity contribution in [1.29, 1.82) is 0 Å². The average molecular weight is 322 g/mol. The first-order valence-electron chi connectivity index (χ1n) is 6.93. The number of carbonyl (C=O) groups excluding carboxylic acids is 2. The van der Waals surface area contributed by atoms with E-state index in [9.17, 15) is 9.59 Å². The predicted octanol–water partition coefficient (Wildman–Crippen LogP) is 2.93. The number of anilines is 1. The van der Waals surface area contributed by atoms with Gasteiger partial charge in [-0.05, 0) is 24.5 Å². The molecule has 0 radical (unpaired) electrons. The van der Waals surface area contributed by atoms with E-state index in [4.69, 9.17) is 4.74 Å². The number of rotatable bonds is 4. The number of fused-ring (bicyclic) bond motifs is 1.